The highest BCUT2D eigenvalue weighted by atomic mass is 16.6. The van der Waals surface area contributed by atoms with E-state index in [-0.39, 0.29) is 11.7 Å². The lowest BCUT2D eigenvalue weighted by molar-refractivity contribution is -0.384. The van der Waals surface area contributed by atoms with Crippen molar-refractivity contribution in [2.45, 2.75) is 19.9 Å². The number of aryl methyl sites for hydroxylation is 1. The third-order valence-corrected chi connectivity index (χ3v) is 3.34. The number of non-ortho nitro benzene ring substituents is 1. The van der Waals surface area contributed by atoms with E-state index in [0.717, 1.165) is 16.8 Å². The lowest BCUT2D eigenvalue weighted by atomic mass is 10.1. The van der Waals surface area contributed by atoms with Crippen molar-refractivity contribution in [1.29, 1.82) is 5.26 Å². The molecule has 5 nitrogen and oxygen atoms in total. The second kappa shape index (κ2) is 6.06. The Labute approximate surface area is 123 Å². The summed E-state index contributed by atoms with van der Waals surface area (Å²) in [7, 11) is 0. The maximum atomic E-state index is 10.8. The van der Waals surface area contributed by atoms with Crippen molar-refractivity contribution in [1.82, 2.24) is 0 Å². The number of hydrogen-bond acceptors (Lipinski definition) is 4. The van der Waals surface area contributed by atoms with Crippen LogP contribution in [-0.2, 0) is 0 Å². The predicted octanol–water partition coefficient (Wildman–Crippen LogP) is 3.95. The summed E-state index contributed by atoms with van der Waals surface area (Å²) >= 11 is 0. The van der Waals surface area contributed by atoms with Gasteiger partial charge in [0, 0.05) is 23.9 Å². The first-order valence-corrected chi connectivity index (χ1v) is 6.53. The zero-order valence-electron chi connectivity index (χ0n) is 11.8. The van der Waals surface area contributed by atoms with Crippen molar-refractivity contribution in [3.05, 3.63) is 69.3 Å². The van der Waals surface area contributed by atoms with Gasteiger partial charge in [-0.05, 0) is 37.1 Å². The molecule has 0 amide bonds. The van der Waals surface area contributed by atoms with Crippen LogP contribution in [0.15, 0.2) is 42.5 Å². The molecule has 0 aliphatic carbocycles. The highest BCUT2D eigenvalue weighted by Crippen LogP contribution is 2.26. The number of rotatable bonds is 4. The molecule has 0 saturated carbocycles. The summed E-state index contributed by atoms with van der Waals surface area (Å²) in [5.74, 6) is 0. The molecule has 0 aliphatic heterocycles. The van der Waals surface area contributed by atoms with Gasteiger partial charge in [-0.1, -0.05) is 18.2 Å². The van der Waals surface area contributed by atoms with Gasteiger partial charge in [0.15, 0.2) is 0 Å². The smallest absolute Gasteiger partial charge is 0.271 e. The molecular formula is C16H15N3O2. The van der Waals surface area contributed by atoms with Gasteiger partial charge in [-0.15, -0.1) is 0 Å². The van der Waals surface area contributed by atoms with Gasteiger partial charge >= 0.3 is 0 Å². The van der Waals surface area contributed by atoms with Crippen molar-refractivity contribution in [2.75, 3.05) is 5.32 Å². The Balaban J connectivity index is 2.22. The minimum atomic E-state index is -0.406. The Morgan fingerprint density at radius 3 is 2.48 bits per heavy atom. The van der Waals surface area contributed by atoms with Gasteiger partial charge in [0.1, 0.15) is 0 Å². The largest absolute Gasteiger partial charge is 0.378 e. The van der Waals surface area contributed by atoms with Gasteiger partial charge in [-0.25, -0.2) is 0 Å². The molecule has 0 bridgehead atoms. The summed E-state index contributed by atoms with van der Waals surface area (Å²) in [6.07, 6.45) is 0. The quantitative estimate of drug-likeness (QED) is 0.679. The SMILES string of the molecule is Cc1ccc([N+](=O)[O-])cc1NC(C)c1ccc(C#N)cc1. The summed E-state index contributed by atoms with van der Waals surface area (Å²) in [6.45, 7) is 3.87. The molecule has 0 saturated heterocycles. The molecule has 0 heterocycles. The van der Waals surface area contributed by atoms with Crippen molar-refractivity contribution in [3.63, 3.8) is 0 Å². The number of benzene rings is 2. The number of hydrogen-bond donors (Lipinski definition) is 1. The molecule has 2 rings (SSSR count). The first-order chi connectivity index (χ1) is 10.0. The third kappa shape index (κ3) is 3.37. The maximum absolute atomic E-state index is 10.8. The van der Waals surface area contributed by atoms with Crippen molar-refractivity contribution in [2.24, 2.45) is 0 Å². The molecule has 21 heavy (non-hydrogen) atoms. The normalized spacial score (nSPS) is 11.5. The van der Waals surface area contributed by atoms with E-state index >= 15 is 0 Å². The minimum Gasteiger partial charge on any atom is -0.378 e. The molecule has 1 atom stereocenters. The second-order valence-electron chi connectivity index (χ2n) is 4.86. The average Bonchev–Trinajstić information content (AvgIpc) is 2.49. The summed E-state index contributed by atoms with van der Waals surface area (Å²) in [5, 5.41) is 22.9. The van der Waals surface area contributed by atoms with Crippen LogP contribution in [0.4, 0.5) is 11.4 Å². The standard InChI is InChI=1S/C16H15N3O2/c1-11-3-8-15(19(20)21)9-16(11)18-12(2)14-6-4-13(10-17)5-7-14/h3-9,12,18H,1-2H3. The van der Waals surface area contributed by atoms with E-state index < -0.39 is 4.92 Å². The van der Waals surface area contributed by atoms with Crippen molar-refractivity contribution in [3.8, 4) is 6.07 Å². The molecule has 2 aromatic carbocycles. The predicted molar refractivity (Wildman–Crippen MR) is 81.0 cm³/mol. The number of nitro groups is 1. The highest BCUT2D eigenvalue weighted by molar-refractivity contribution is 5.57. The molecule has 5 heteroatoms. The summed E-state index contributed by atoms with van der Waals surface area (Å²) in [6, 6.07) is 14.1. The van der Waals surface area contributed by atoms with Crippen LogP contribution < -0.4 is 5.32 Å². The first-order valence-electron chi connectivity index (χ1n) is 6.53. The Kier molecular flexibility index (Phi) is 4.19. The van der Waals surface area contributed by atoms with E-state index in [9.17, 15) is 10.1 Å². The fraction of sp³-hybridized carbons (Fsp3) is 0.188. The lowest BCUT2D eigenvalue weighted by Gasteiger charge is -2.17. The molecule has 0 aliphatic rings. The average molecular weight is 281 g/mol. The van der Waals surface area contributed by atoms with Gasteiger partial charge in [0.05, 0.1) is 16.6 Å². The molecular weight excluding hydrogens is 266 g/mol. The Morgan fingerprint density at radius 1 is 1.24 bits per heavy atom. The second-order valence-corrected chi connectivity index (χ2v) is 4.86. The molecule has 0 fully saturated rings. The summed E-state index contributed by atoms with van der Waals surface area (Å²) < 4.78 is 0. The van der Waals surface area contributed by atoms with Crippen LogP contribution in [-0.4, -0.2) is 4.92 Å². The number of nitrogens with zero attached hydrogens (tertiary/aromatic N) is 2. The fourth-order valence-electron chi connectivity index (χ4n) is 2.04. The number of nitriles is 1. The third-order valence-electron chi connectivity index (χ3n) is 3.34. The van der Waals surface area contributed by atoms with Crippen LogP contribution in [0.3, 0.4) is 0 Å². The topological polar surface area (TPSA) is 79.0 Å². The van der Waals surface area contributed by atoms with E-state index in [4.69, 9.17) is 5.26 Å². The van der Waals surface area contributed by atoms with Crippen LogP contribution in [0.5, 0.6) is 0 Å². The summed E-state index contributed by atoms with van der Waals surface area (Å²) in [5.41, 5.74) is 3.37. The van der Waals surface area contributed by atoms with Gasteiger partial charge in [0.25, 0.3) is 5.69 Å². The Morgan fingerprint density at radius 2 is 1.90 bits per heavy atom. The number of nitrogens with one attached hydrogen (secondary N) is 1. The zero-order chi connectivity index (χ0) is 15.4. The van der Waals surface area contributed by atoms with Crippen LogP contribution in [0.2, 0.25) is 0 Å². The Bertz CT molecular complexity index is 702. The van der Waals surface area contributed by atoms with Gasteiger partial charge < -0.3 is 5.32 Å². The van der Waals surface area contributed by atoms with Crippen molar-refractivity contribution < 1.29 is 4.92 Å². The highest BCUT2D eigenvalue weighted by Gasteiger charge is 2.11. The van der Waals surface area contributed by atoms with Crippen LogP contribution in [0.1, 0.15) is 29.7 Å². The monoisotopic (exact) mass is 281 g/mol. The van der Waals surface area contributed by atoms with Crippen LogP contribution in [0.25, 0.3) is 0 Å². The molecule has 0 aromatic heterocycles. The minimum absolute atomic E-state index is 0.0153. The molecule has 2 aromatic rings. The van der Waals surface area contributed by atoms with Gasteiger partial charge in [-0.3, -0.25) is 10.1 Å². The zero-order valence-corrected chi connectivity index (χ0v) is 11.8. The van der Waals surface area contributed by atoms with Gasteiger partial charge in [-0.2, -0.15) is 5.26 Å². The van der Waals surface area contributed by atoms with E-state index in [1.54, 1.807) is 18.2 Å². The first kappa shape index (κ1) is 14.5. The van der Waals surface area contributed by atoms with E-state index in [0.29, 0.717) is 5.56 Å². The van der Waals surface area contributed by atoms with Gasteiger partial charge in [0.2, 0.25) is 0 Å². The number of nitro benzene ring substituents is 1. The van der Waals surface area contributed by atoms with Crippen molar-refractivity contribution >= 4 is 11.4 Å². The number of anilines is 1. The van der Waals surface area contributed by atoms with Crippen LogP contribution in [0, 0.1) is 28.4 Å². The molecule has 106 valence electrons. The molecule has 0 spiro atoms. The molecule has 0 radical (unpaired) electrons. The Hall–Kier alpha value is -2.87. The van der Waals surface area contributed by atoms with E-state index in [1.165, 1.54) is 12.1 Å². The molecule has 1 unspecified atom stereocenters. The molecule has 1 N–H and O–H groups in total. The fourth-order valence-corrected chi connectivity index (χ4v) is 2.04. The van der Waals surface area contributed by atoms with E-state index in [1.807, 2.05) is 26.0 Å². The lowest BCUT2D eigenvalue weighted by Crippen LogP contribution is -2.08. The summed E-state index contributed by atoms with van der Waals surface area (Å²) in [4.78, 5) is 10.4. The van der Waals surface area contributed by atoms with E-state index in [2.05, 4.69) is 11.4 Å². The maximum Gasteiger partial charge on any atom is 0.271 e. The van der Waals surface area contributed by atoms with Crippen LogP contribution >= 0.6 is 0 Å².